The molecule has 1 nitrogen and oxygen atoms in total. The monoisotopic (exact) mass is 299 g/mol. The first kappa shape index (κ1) is 13.9. The molecule has 1 heterocycles. The third-order valence-corrected chi connectivity index (χ3v) is 4.16. The smallest absolute Gasteiger partial charge is 0.0424 e. The molecule has 0 saturated carbocycles. The Morgan fingerprint density at radius 3 is 2.50 bits per heavy atom. The van der Waals surface area contributed by atoms with Gasteiger partial charge in [0.25, 0.3) is 0 Å². The predicted octanol–water partition coefficient (Wildman–Crippen LogP) is 4.91. The van der Waals surface area contributed by atoms with E-state index < -0.39 is 0 Å². The maximum absolute atomic E-state index is 5.97. The van der Waals surface area contributed by atoms with E-state index in [0.29, 0.717) is 10.0 Å². The molecule has 0 fully saturated rings. The van der Waals surface area contributed by atoms with Gasteiger partial charge in [0, 0.05) is 28.0 Å². The lowest BCUT2D eigenvalue weighted by Gasteiger charge is -2.06. The van der Waals surface area contributed by atoms with E-state index in [1.54, 1.807) is 17.4 Å². The van der Waals surface area contributed by atoms with E-state index in [2.05, 4.69) is 23.7 Å². The van der Waals surface area contributed by atoms with Crippen molar-refractivity contribution in [1.82, 2.24) is 5.32 Å². The third kappa shape index (κ3) is 3.72. The van der Waals surface area contributed by atoms with Crippen molar-refractivity contribution in [3.8, 4) is 0 Å². The van der Waals surface area contributed by atoms with Crippen LogP contribution in [0.25, 0.3) is 0 Å². The summed E-state index contributed by atoms with van der Waals surface area (Å²) in [6, 6.07) is 7.82. The van der Waals surface area contributed by atoms with Crippen LogP contribution < -0.4 is 5.32 Å². The highest BCUT2D eigenvalue weighted by Gasteiger charge is 2.02. The number of hydrogen-bond acceptors (Lipinski definition) is 2. The van der Waals surface area contributed by atoms with Crippen LogP contribution in [0.5, 0.6) is 0 Å². The van der Waals surface area contributed by atoms with Gasteiger partial charge in [-0.05, 0) is 47.2 Å². The van der Waals surface area contributed by atoms with Crippen molar-refractivity contribution >= 4 is 34.5 Å². The van der Waals surface area contributed by atoms with Gasteiger partial charge in [-0.25, -0.2) is 0 Å². The van der Waals surface area contributed by atoms with Crippen molar-refractivity contribution in [2.75, 3.05) is 0 Å². The first-order valence-corrected chi connectivity index (χ1v) is 7.53. The Labute approximate surface area is 122 Å². The Balaban J connectivity index is 1.92. The highest BCUT2D eigenvalue weighted by atomic mass is 35.5. The normalized spacial score (nSPS) is 10.8. The number of rotatable bonds is 5. The fourth-order valence-electron chi connectivity index (χ4n) is 1.87. The summed E-state index contributed by atoms with van der Waals surface area (Å²) in [5.41, 5.74) is 2.54. The van der Waals surface area contributed by atoms with Crippen LogP contribution in [0.4, 0.5) is 0 Å². The van der Waals surface area contributed by atoms with E-state index in [4.69, 9.17) is 23.2 Å². The van der Waals surface area contributed by atoms with Crippen molar-refractivity contribution in [1.29, 1.82) is 0 Å². The van der Waals surface area contributed by atoms with Gasteiger partial charge < -0.3 is 5.32 Å². The van der Waals surface area contributed by atoms with E-state index in [0.717, 1.165) is 25.1 Å². The summed E-state index contributed by atoms with van der Waals surface area (Å²) in [4.78, 5) is 1.41. The van der Waals surface area contributed by atoms with E-state index in [1.165, 1.54) is 10.4 Å². The number of nitrogens with one attached hydrogen (secondary N) is 1. The molecule has 0 unspecified atom stereocenters. The molecule has 0 saturated heterocycles. The molecule has 0 aliphatic rings. The summed E-state index contributed by atoms with van der Waals surface area (Å²) in [6.07, 6.45) is 1.09. The van der Waals surface area contributed by atoms with Gasteiger partial charge in [-0.3, -0.25) is 0 Å². The Kier molecular flexibility index (Phi) is 5.07. The summed E-state index contributed by atoms with van der Waals surface area (Å²) in [6.45, 7) is 3.86. The van der Waals surface area contributed by atoms with Crippen molar-refractivity contribution < 1.29 is 0 Å². The van der Waals surface area contributed by atoms with Gasteiger partial charge in [-0.2, -0.15) is 0 Å². The second-order valence-corrected chi connectivity index (χ2v) is 5.98. The summed E-state index contributed by atoms with van der Waals surface area (Å²) in [5.74, 6) is 0. The van der Waals surface area contributed by atoms with Crippen molar-refractivity contribution in [3.05, 3.63) is 55.7 Å². The minimum Gasteiger partial charge on any atom is -0.308 e. The van der Waals surface area contributed by atoms with Crippen LogP contribution in [0.3, 0.4) is 0 Å². The quantitative estimate of drug-likeness (QED) is 0.827. The average Bonchev–Trinajstić information content (AvgIpc) is 2.75. The molecule has 1 aromatic carbocycles. The highest BCUT2D eigenvalue weighted by Crippen LogP contribution is 2.20. The van der Waals surface area contributed by atoms with E-state index in [9.17, 15) is 0 Å². The van der Waals surface area contributed by atoms with Crippen LogP contribution in [0.1, 0.15) is 22.9 Å². The maximum atomic E-state index is 5.97. The summed E-state index contributed by atoms with van der Waals surface area (Å²) in [7, 11) is 0. The van der Waals surface area contributed by atoms with Crippen LogP contribution in [-0.2, 0) is 19.5 Å². The molecule has 0 amide bonds. The predicted molar refractivity (Wildman–Crippen MR) is 80.7 cm³/mol. The lowest BCUT2D eigenvalue weighted by Crippen LogP contribution is -2.12. The zero-order valence-electron chi connectivity index (χ0n) is 10.2. The summed E-state index contributed by atoms with van der Waals surface area (Å²) in [5, 5.41) is 6.94. The molecule has 0 bridgehead atoms. The molecule has 2 aromatic rings. The van der Waals surface area contributed by atoms with Crippen molar-refractivity contribution in [3.63, 3.8) is 0 Å². The van der Waals surface area contributed by atoms with Crippen LogP contribution in [0, 0.1) is 0 Å². The van der Waals surface area contributed by atoms with Gasteiger partial charge in [0.2, 0.25) is 0 Å². The minimum absolute atomic E-state index is 0.685. The van der Waals surface area contributed by atoms with E-state index in [-0.39, 0.29) is 0 Å². The third-order valence-electron chi connectivity index (χ3n) is 2.76. The standard InChI is InChI=1S/C14H15Cl2NS/c1-2-11-3-4-18-14(11)9-17-8-10-5-12(15)7-13(16)6-10/h3-7,17H,2,8-9H2,1H3. The van der Waals surface area contributed by atoms with E-state index in [1.807, 2.05) is 12.1 Å². The zero-order valence-corrected chi connectivity index (χ0v) is 12.5. The molecule has 18 heavy (non-hydrogen) atoms. The molecule has 1 N–H and O–H groups in total. The lowest BCUT2D eigenvalue weighted by molar-refractivity contribution is 0.697. The van der Waals surface area contributed by atoms with Gasteiger partial charge in [-0.1, -0.05) is 30.1 Å². The number of thiophene rings is 1. The number of benzene rings is 1. The highest BCUT2D eigenvalue weighted by molar-refractivity contribution is 7.10. The van der Waals surface area contributed by atoms with Crippen LogP contribution >= 0.6 is 34.5 Å². The first-order chi connectivity index (χ1) is 8.69. The largest absolute Gasteiger partial charge is 0.308 e. The molecular formula is C14H15Cl2NS. The second kappa shape index (κ2) is 6.58. The fraction of sp³-hybridized carbons (Fsp3) is 0.286. The van der Waals surface area contributed by atoms with Crippen LogP contribution in [0.2, 0.25) is 10.0 Å². The molecule has 0 spiro atoms. The molecule has 4 heteroatoms. The Bertz CT molecular complexity index is 502. The minimum atomic E-state index is 0.685. The Morgan fingerprint density at radius 1 is 1.11 bits per heavy atom. The topological polar surface area (TPSA) is 12.0 Å². The molecule has 0 atom stereocenters. The molecule has 0 aliphatic carbocycles. The maximum Gasteiger partial charge on any atom is 0.0424 e. The number of hydrogen-bond donors (Lipinski definition) is 1. The molecule has 2 rings (SSSR count). The number of aryl methyl sites for hydroxylation is 1. The van der Waals surface area contributed by atoms with Crippen LogP contribution in [-0.4, -0.2) is 0 Å². The van der Waals surface area contributed by atoms with Gasteiger partial charge in [-0.15, -0.1) is 11.3 Å². The van der Waals surface area contributed by atoms with E-state index >= 15 is 0 Å². The molecule has 0 radical (unpaired) electrons. The lowest BCUT2D eigenvalue weighted by atomic mass is 10.2. The second-order valence-electron chi connectivity index (χ2n) is 4.10. The van der Waals surface area contributed by atoms with Crippen molar-refractivity contribution in [2.24, 2.45) is 0 Å². The SMILES string of the molecule is CCc1ccsc1CNCc1cc(Cl)cc(Cl)c1. The summed E-state index contributed by atoms with van der Waals surface area (Å²) < 4.78 is 0. The van der Waals surface area contributed by atoms with Gasteiger partial charge >= 0.3 is 0 Å². The molecule has 0 aliphatic heterocycles. The van der Waals surface area contributed by atoms with Gasteiger partial charge in [0.1, 0.15) is 0 Å². The Morgan fingerprint density at radius 2 is 1.83 bits per heavy atom. The average molecular weight is 300 g/mol. The molecular weight excluding hydrogens is 285 g/mol. The number of halogens is 2. The van der Waals surface area contributed by atoms with Gasteiger partial charge in [0.05, 0.1) is 0 Å². The zero-order chi connectivity index (χ0) is 13.0. The van der Waals surface area contributed by atoms with Crippen LogP contribution in [0.15, 0.2) is 29.6 Å². The van der Waals surface area contributed by atoms with Crippen molar-refractivity contribution in [2.45, 2.75) is 26.4 Å². The summed E-state index contributed by atoms with van der Waals surface area (Å²) >= 11 is 13.7. The molecule has 1 aromatic heterocycles. The fourth-order valence-corrected chi connectivity index (χ4v) is 3.39. The first-order valence-electron chi connectivity index (χ1n) is 5.90. The van der Waals surface area contributed by atoms with Gasteiger partial charge in [0.15, 0.2) is 0 Å². The Hall–Kier alpha value is -0.540. The molecule has 96 valence electrons.